The van der Waals surface area contributed by atoms with Crippen LogP contribution in [-0.2, 0) is 11.3 Å². The Balaban J connectivity index is 1.64. The summed E-state index contributed by atoms with van der Waals surface area (Å²) in [5.41, 5.74) is 1.43. The average molecular weight is 290 g/mol. The molecule has 3 heteroatoms. The van der Waals surface area contributed by atoms with Gasteiger partial charge in [0.25, 0.3) is 0 Å². The summed E-state index contributed by atoms with van der Waals surface area (Å²) in [6, 6.07) is 11.5. The summed E-state index contributed by atoms with van der Waals surface area (Å²) in [5, 5.41) is 0. The largest absolute Gasteiger partial charge is 0.382 e. The molecule has 1 aliphatic rings. The van der Waals surface area contributed by atoms with Crippen LogP contribution in [0.5, 0.6) is 0 Å². The molecule has 0 amide bonds. The van der Waals surface area contributed by atoms with E-state index < -0.39 is 0 Å². The van der Waals surface area contributed by atoms with Gasteiger partial charge in [-0.1, -0.05) is 30.3 Å². The van der Waals surface area contributed by atoms with Gasteiger partial charge < -0.3 is 9.64 Å². The second kappa shape index (κ2) is 9.19. The van der Waals surface area contributed by atoms with Crippen molar-refractivity contribution in [2.24, 2.45) is 0 Å². The number of likely N-dealkylation sites (tertiary alicyclic amines) is 1. The first-order valence-electron chi connectivity index (χ1n) is 8.34. The van der Waals surface area contributed by atoms with Crippen LogP contribution in [-0.4, -0.2) is 55.7 Å². The van der Waals surface area contributed by atoms with Gasteiger partial charge in [-0.2, -0.15) is 0 Å². The van der Waals surface area contributed by atoms with Crippen LogP contribution in [0.1, 0.15) is 31.7 Å². The molecule has 0 unspecified atom stereocenters. The molecule has 0 N–H and O–H groups in total. The van der Waals surface area contributed by atoms with Crippen molar-refractivity contribution in [3.05, 3.63) is 35.9 Å². The molecule has 1 aromatic carbocycles. The van der Waals surface area contributed by atoms with Crippen molar-refractivity contribution >= 4 is 0 Å². The van der Waals surface area contributed by atoms with Crippen molar-refractivity contribution in [2.45, 2.75) is 38.8 Å². The van der Waals surface area contributed by atoms with Gasteiger partial charge in [0.05, 0.1) is 0 Å². The summed E-state index contributed by atoms with van der Waals surface area (Å²) in [4.78, 5) is 5.12. The lowest BCUT2D eigenvalue weighted by molar-refractivity contribution is 0.137. The molecule has 1 aromatic rings. The fourth-order valence-corrected chi connectivity index (χ4v) is 3.05. The zero-order valence-electron chi connectivity index (χ0n) is 13.6. The van der Waals surface area contributed by atoms with E-state index in [1.54, 1.807) is 0 Å². The van der Waals surface area contributed by atoms with Crippen molar-refractivity contribution in [1.29, 1.82) is 0 Å². The monoisotopic (exact) mass is 290 g/mol. The van der Waals surface area contributed by atoms with Gasteiger partial charge in [0.15, 0.2) is 0 Å². The maximum Gasteiger partial charge on any atom is 0.0466 e. The highest BCUT2D eigenvalue weighted by atomic mass is 16.5. The zero-order valence-corrected chi connectivity index (χ0v) is 13.6. The van der Waals surface area contributed by atoms with Gasteiger partial charge in [0, 0.05) is 38.9 Å². The molecule has 1 heterocycles. The minimum atomic E-state index is 0.723. The summed E-state index contributed by atoms with van der Waals surface area (Å²) in [6.45, 7) is 8.53. The average Bonchev–Trinajstić information content (AvgIpc) is 2.96. The number of benzene rings is 1. The molecule has 0 radical (unpaired) electrons. The summed E-state index contributed by atoms with van der Waals surface area (Å²) < 4.78 is 5.40. The van der Waals surface area contributed by atoms with Crippen LogP contribution < -0.4 is 0 Å². The maximum absolute atomic E-state index is 5.40. The van der Waals surface area contributed by atoms with Crippen LogP contribution in [0.15, 0.2) is 30.3 Å². The fraction of sp³-hybridized carbons (Fsp3) is 0.667. The molecule has 3 nitrogen and oxygen atoms in total. The molecule has 0 aliphatic carbocycles. The minimum absolute atomic E-state index is 0.723. The van der Waals surface area contributed by atoms with E-state index in [-0.39, 0.29) is 0 Å². The second-order valence-electron chi connectivity index (χ2n) is 6.05. The number of ether oxygens (including phenoxy) is 1. The fourth-order valence-electron chi connectivity index (χ4n) is 3.05. The quantitative estimate of drug-likeness (QED) is 0.650. The number of hydrogen-bond acceptors (Lipinski definition) is 3. The summed E-state index contributed by atoms with van der Waals surface area (Å²) in [7, 11) is 2.28. The predicted octanol–water partition coefficient (Wildman–Crippen LogP) is 3.01. The number of hydrogen-bond donors (Lipinski definition) is 0. The SMILES string of the molecule is CCOCCCCN(C)[C@@H]1CCN(Cc2ccccc2)C1. The van der Waals surface area contributed by atoms with E-state index >= 15 is 0 Å². The van der Waals surface area contributed by atoms with Crippen LogP contribution in [0.3, 0.4) is 0 Å². The van der Waals surface area contributed by atoms with Crippen molar-refractivity contribution in [2.75, 3.05) is 39.9 Å². The highest BCUT2D eigenvalue weighted by Gasteiger charge is 2.25. The smallest absolute Gasteiger partial charge is 0.0466 e. The second-order valence-corrected chi connectivity index (χ2v) is 6.05. The number of nitrogens with zero attached hydrogens (tertiary/aromatic N) is 2. The van der Waals surface area contributed by atoms with Crippen LogP contribution in [0.4, 0.5) is 0 Å². The van der Waals surface area contributed by atoms with Crippen molar-refractivity contribution in [3.63, 3.8) is 0 Å². The molecule has 0 bridgehead atoms. The van der Waals surface area contributed by atoms with Crippen molar-refractivity contribution in [1.82, 2.24) is 9.80 Å². The minimum Gasteiger partial charge on any atom is -0.382 e. The molecule has 1 fully saturated rings. The number of likely N-dealkylation sites (N-methyl/N-ethyl adjacent to an activating group) is 1. The Bertz CT molecular complexity index is 382. The van der Waals surface area contributed by atoms with Gasteiger partial charge in [-0.15, -0.1) is 0 Å². The molecule has 1 saturated heterocycles. The van der Waals surface area contributed by atoms with Gasteiger partial charge in [-0.05, 0) is 45.3 Å². The van der Waals surface area contributed by atoms with Crippen LogP contribution in [0.2, 0.25) is 0 Å². The van der Waals surface area contributed by atoms with E-state index in [4.69, 9.17) is 4.74 Å². The summed E-state index contributed by atoms with van der Waals surface area (Å²) in [5.74, 6) is 0. The summed E-state index contributed by atoms with van der Waals surface area (Å²) >= 11 is 0. The molecular weight excluding hydrogens is 260 g/mol. The molecule has 0 aromatic heterocycles. The number of unbranched alkanes of at least 4 members (excludes halogenated alkanes) is 1. The Hall–Kier alpha value is -0.900. The van der Waals surface area contributed by atoms with Gasteiger partial charge in [-0.25, -0.2) is 0 Å². The molecule has 1 atom stereocenters. The molecule has 1 aliphatic heterocycles. The van der Waals surface area contributed by atoms with Crippen molar-refractivity contribution in [3.8, 4) is 0 Å². The number of rotatable bonds is 9. The van der Waals surface area contributed by atoms with Crippen molar-refractivity contribution < 1.29 is 4.74 Å². The Morgan fingerprint density at radius 2 is 2.05 bits per heavy atom. The van der Waals surface area contributed by atoms with Gasteiger partial charge in [0.2, 0.25) is 0 Å². The van der Waals surface area contributed by atoms with Crippen LogP contribution >= 0.6 is 0 Å². The first-order valence-corrected chi connectivity index (χ1v) is 8.34. The predicted molar refractivity (Wildman–Crippen MR) is 88.5 cm³/mol. The molecule has 118 valence electrons. The lowest BCUT2D eigenvalue weighted by Crippen LogP contribution is -2.35. The molecule has 21 heavy (non-hydrogen) atoms. The normalized spacial score (nSPS) is 19.5. The van der Waals surface area contributed by atoms with Gasteiger partial charge >= 0.3 is 0 Å². The molecule has 0 spiro atoms. The highest BCUT2D eigenvalue weighted by Crippen LogP contribution is 2.17. The Kier molecular flexibility index (Phi) is 7.20. The van der Waals surface area contributed by atoms with E-state index in [1.807, 2.05) is 0 Å². The van der Waals surface area contributed by atoms with Crippen LogP contribution in [0.25, 0.3) is 0 Å². The first kappa shape index (κ1) is 16.5. The topological polar surface area (TPSA) is 15.7 Å². The van der Waals surface area contributed by atoms with E-state index in [1.165, 1.54) is 44.5 Å². The lowest BCUT2D eigenvalue weighted by atomic mass is 10.2. The summed E-state index contributed by atoms with van der Waals surface area (Å²) in [6.07, 6.45) is 3.72. The third kappa shape index (κ3) is 5.77. The van der Waals surface area contributed by atoms with Crippen LogP contribution in [0, 0.1) is 0 Å². The third-order valence-corrected chi connectivity index (χ3v) is 4.37. The van der Waals surface area contributed by atoms with E-state index in [2.05, 4.69) is 54.1 Å². The highest BCUT2D eigenvalue weighted by molar-refractivity contribution is 5.14. The lowest BCUT2D eigenvalue weighted by Gasteiger charge is -2.24. The molecule has 2 rings (SSSR count). The standard InChI is InChI=1S/C18H30N2O/c1-3-21-14-8-7-12-19(2)18-11-13-20(16-18)15-17-9-5-4-6-10-17/h4-6,9-10,18H,3,7-8,11-16H2,1-2H3/t18-/m1/s1. The molecular formula is C18H30N2O. The Morgan fingerprint density at radius 3 is 2.81 bits per heavy atom. The van der Waals surface area contributed by atoms with Gasteiger partial charge in [-0.3, -0.25) is 4.90 Å². The Labute approximate surface area is 129 Å². The molecule has 0 saturated carbocycles. The first-order chi connectivity index (χ1) is 10.3. The van der Waals surface area contributed by atoms with E-state index in [0.717, 1.165) is 25.8 Å². The maximum atomic E-state index is 5.40. The third-order valence-electron chi connectivity index (χ3n) is 4.37. The zero-order chi connectivity index (χ0) is 14.9. The van der Waals surface area contributed by atoms with E-state index in [0.29, 0.717) is 0 Å². The van der Waals surface area contributed by atoms with E-state index in [9.17, 15) is 0 Å². The Morgan fingerprint density at radius 1 is 1.24 bits per heavy atom. The van der Waals surface area contributed by atoms with Gasteiger partial charge in [0.1, 0.15) is 0 Å².